The van der Waals surface area contributed by atoms with Crippen molar-refractivity contribution < 1.29 is 65.9 Å². The number of halogens is 16. The summed E-state index contributed by atoms with van der Waals surface area (Å²) in [7, 11) is -4.00. The van der Waals surface area contributed by atoms with Gasteiger partial charge >= 0.3 is 41.7 Å². The lowest BCUT2D eigenvalue weighted by atomic mass is 9.91. The second kappa shape index (κ2) is 6.48. The van der Waals surface area contributed by atoms with Crippen molar-refractivity contribution in [2.24, 2.45) is 0 Å². The monoisotopic (exact) mass is 476 g/mol. The predicted molar refractivity (Wildman–Crippen MR) is 63.9 cm³/mol. The smallest absolute Gasteiger partial charge is 0.200 e. The van der Waals surface area contributed by atoms with Gasteiger partial charge in [-0.1, -0.05) is 13.1 Å². The van der Waals surface area contributed by atoms with E-state index < -0.39 is 55.1 Å². The quantitative estimate of drug-likeness (QED) is 0.215. The fraction of sp³-hybridized carbons (Fsp3) is 1.00. The maximum absolute atomic E-state index is 13.4. The number of alkyl halides is 15. The standard InChI is InChI=1S/C10H8ClF15Si/c1-27(2,11)3-4(12,13)5(14,15)6(16,17)7(18,19)8(20,21)9(22,23)10(24,25)26/h3H2,1-2H3. The molecule has 0 saturated carbocycles. The molecule has 0 heterocycles. The molecule has 17 heteroatoms. The molecule has 0 fully saturated rings. The first-order valence-electron chi connectivity index (χ1n) is 6.23. The fourth-order valence-electron chi connectivity index (χ4n) is 1.64. The molecule has 164 valence electrons. The maximum atomic E-state index is 13.4. The van der Waals surface area contributed by atoms with Crippen LogP contribution in [0, 0.1) is 0 Å². The zero-order valence-corrected chi connectivity index (χ0v) is 14.5. The third kappa shape index (κ3) is 3.96. The molecule has 0 aromatic rings. The van der Waals surface area contributed by atoms with Gasteiger partial charge in [0.25, 0.3) is 0 Å². The third-order valence-corrected chi connectivity index (χ3v) is 4.72. The summed E-state index contributed by atoms with van der Waals surface area (Å²) in [6, 6.07) is -2.42. The fourth-order valence-corrected chi connectivity index (χ4v) is 3.42. The highest BCUT2D eigenvalue weighted by Gasteiger charge is 2.93. The Hall–Kier alpha value is -0.543. The Morgan fingerprint density at radius 3 is 1.04 bits per heavy atom. The Labute approximate surface area is 146 Å². The Morgan fingerprint density at radius 2 is 0.778 bits per heavy atom. The van der Waals surface area contributed by atoms with Crippen LogP contribution >= 0.6 is 11.1 Å². The van der Waals surface area contributed by atoms with Crippen molar-refractivity contribution in [2.75, 3.05) is 0 Å². The van der Waals surface area contributed by atoms with Gasteiger partial charge in [0.1, 0.15) is 0 Å². The van der Waals surface area contributed by atoms with E-state index in [4.69, 9.17) is 11.1 Å². The first-order chi connectivity index (χ1) is 11.2. The molecule has 0 saturated heterocycles. The van der Waals surface area contributed by atoms with Gasteiger partial charge in [-0.15, -0.1) is 0 Å². The second-order valence-electron chi connectivity index (χ2n) is 5.97. The minimum Gasteiger partial charge on any atom is -0.200 e. The molecule has 0 bridgehead atoms. The SMILES string of the molecule is C[Si](C)(Cl)CC(F)(F)C(F)(F)C(F)(F)C(F)(F)C(F)(F)C(F)(F)C(F)(F)F. The highest BCUT2D eigenvalue weighted by atomic mass is 35.6. The molecule has 0 atom stereocenters. The molecule has 0 spiro atoms. The normalized spacial score (nSPS) is 16.7. The molecular weight excluding hydrogens is 469 g/mol. The van der Waals surface area contributed by atoms with Gasteiger partial charge in [-0.3, -0.25) is 0 Å². The third-order valence-electron chi connectivity index (χ3n) is 3.04. The molecule has 0 aliphatic carbocycles. The molecule has 0 aromatic carbocycles. The number of hydrogen-bond acceptors (Lipinski definition) is 0. The van der Waals surface area contributed by atoms with Crippen LogP contribution in [-0.2, 0) is 0 Å². The van der Waals surface area contributed by atoms with Gasteiger partial charge in [0, 0.05) is 6.04 Å². The molecular formula is C10H8ClF15Si. The summed E-state index contributed by atoms with van der Waals surface area (Å²) < 4.78 is 193. The van der Waals surface area contributed by atoms with Gasteiger partial charge in [0.05, 0.1) is 0 Å². The van der Waals surface area contributed by atoms with Crippen LogP contribution in [0.2, 0.25) is 19.1 Å². The van der Waals surface area contributed by atoms with Crippen LogP contribution in [0.3, 0.4) is 0 Å². The molecule has 0 aliphatic heterocycles. The Morgan fingerprint density at radius 1 is 0.519 bits per heavy atom. The van der Waals surface area contributed by atoms with Crippen LogP contribution in [0.25, 0.3) is 0 Å². The number of hydrogen-bond donors (Lipinski definition) is 0. The van der Waals surface area contributed by atoms with E-state index in [1.807, 2.05) is 0 Å². The molecule has 0 unspecified atom stereocenters. The van der Waals surface area contributed by atoms with E-state index >= 15 is 0 Å². The molecule has 0 amide bonds. The highest BCUT2D eigenvalue weighted by Crippen LogP contribution is 2.63. The van der Waals surface area contributed by atoms with E-state index in [-0.39, 0.29) is 0 Å². The van der Waals surface area contributed by atoms with Crippen molar-refractivity contribution in [1.29, 1.82) is 0 Å². The maximum Gasteiger partial charge on any atom is 0.460 e. The minimum absolute atomic E-state index is 0.626. The first kappa shape index (κ1) is 26.5. The summed E-state index contributed by atoms with van der Waals surface area (Å²) in [6.45, 7) is 1.25. The Kier molecular flexibility index (Phi) is 6.35. The largest absolute Gasteiger partial charge is 0.460 e. The predicted octanol–water partition coefficient (Wildman–Crippen LogP) is 6.80. The minimum atomic E-state index is -8.25. The zero-order valence-electron chi connectivity index (χ0n) is 12.8. The first-order valence-corrected chi connectivity index (χ1v) is 10.4. The summed E-state index contributed by atoms with van der Waals surface area (Å²) >= 11 is 5.19. The van der Waals surface area contributed by atoms with Gasteiger partial charge in [0.2, 0.25) is 0 Å². The number of rotatable bonds is 7. The summed E-state index contributed by atoms with van der Waals surface area (Å²) in [5, 5.41) is 0. The lowest BCUT2D eigenvalue weighted by molar-refractivity contribution is -0.451. The van der Waals surface area contributed by atoms with E-state index in [2.05, 4.69) is 0 Å². The molecule has 0 aromatic heterocycles. The van der Waals surface area contributed by atoms with Crippen LogP contribution in [0.1, 0.15) is 0 Å². The average molecular weight is 477 g/mol. The van der Waals surface area contributed by atoms with Crippen molar-refractivity contribution in [3.8, 4) is 0 Å². The van der Waals surface area contributed by atoms with E-state index in [0.29, 0.717) is 13.1 Å². The lowest BCUT2D eigenvalue weighted by Gasteiger charge is -2.42. The molecule has 27 heavy (non-hydrogen) atoms. The molecule has 0 aliphatic rings. The average Bonchev–Trinajstić information content (AvgIpc) is 2.33. The van der Waals surface area contributed by atoms with Gasteiger partial charge in [-0.05, 0) is 0 Å². The molecule has 0 radical (unpaired) electrons. The van der Waals surface area contributed by atoms with Gasteiger partial charge in [-0.2, -0.15) is 76.9 Å². The second-order valence-corrected chi connectivity index (χ2v) is 12.8. The summed E-state index contributed by atoms with van der Waals surface area (Å²) in [5.41, 5.74) is 0. The van der Waals surface area contributed by atoms with Crippen LogP contribution in [0.4, 0.5) is 65.9 Å². The van der Waals surface area contributed by atoms with Crippen LogP contribution in [-0.4, -0.2) is 49.1 Å². The molecule has 0 rings (SSSR count). The van der Waals surface area contributed by atoms with E-state index in [0.717, 1.165) is 0 Å². The molecule has 0 nitrogen and oxygen atoms in total. The highest BCUT2D eigenvalue weighted by molar-refractivity contribution is 7.19. The van der Waals surface area contributed by atoms with Crippen molar-refractivity contribution >= 4 is 18.5 Å². The van der Waals surface area contributed by atoms with Gasteiger partial charge < -0.3 is 0 Å². The Bertz CT molecular complexity index is 544. The summed E-state index contributed by atoms with van der Waals surface area (Å²) in [6.07, 6.45) is -7.60. The lowest BCUT2D eigenvalue weighted by Crippen LogP contribution is -2.72. The van der Waals surface area contributed by atoms with Crippen molar-refractivity contribution in [1.82, 2.24) is 0 Å². The van der Waals surface area contributed by atoms with Crippen LogP contribution in [0.5, 0.6) is 0 Å². The van der Waals surface area contributed by atoms with Crippen molar-refractivity contribution in [3.05, 3.63) is 0 Å². The zero-order chi connectivity index (χ0) is 22.7. The van der Waals surface area contributed by atoms with Crippen LogP contribution < -0.4 is 0 Å². The summed E-state index contributed by atoms with van der Waals surface area (Å²) in [4.78, 5) is 0. The van der Waals surface area contributed by atoms with Gasteiger partial charge in [-0.25, -0.2) is 0 Å². The van der Waals surface area contributed by atoms with Crippen LogP contribution in [0.15, 0.2) is 0 Å². The van der Waals surface area contributed by atoms with E-state index in [1.165, 1.54) is 0 Å². The van der Waals surface area contributed by atoms with E-state index in [1.54, 1.807) is 0 Å². The topological polar surface area (TPSA) is 0 Å². The van der Waals surface area contributed by atoms with Crippen molar-refractivity contribution in [3.63, 3.8) is 0 Å². The van der Waals surface area contributed by atoms with E-state index in [9.17, 15) is 65.9 Å². The molecule has 0 N–H and O–H groups in total. The summed E-state index contributed by atoms with van der Waals surface area (Å²) in [5.74, 6) is -46.2. The van der Waals surface area contributed by atoms with Gasteiger partial charge in [0.15, 0.2) is 7.38 Å². The Balaban J connectivity index is 6.47. The van der Waals surface area contributed by atoms with Crippen molar-refractivity contribution in [2.45, 2.75) is 60.8 Å².